The topological polar surface area (TPSA) is 3.24 Å². The first kappa shape index (κ1) is 11.3. The summed E-state index contributed by atoms with van der Waals surface area (Å²) in [5, 5.41) is 3.14. The molecule has 0 saturated carbocycles. The lowest BCUT2D eigenvalue weighted by atomic mass is 10.1. The summed E-state index contributed by atoms with van der Waals surface area (Å²) in [6.07, 6.45) is 1.18. The van der Waals surface area contributed by atoms with Crippen LogP contribution in [0.2, 0.25) is 0 Å². The van der Waals surface area contributed by atoms with E-state index < -0.39 is 0 Å². The van der Waals surface area contributed by atoms with Gasteiger partial charge in [-0.15, -0.1) is 11.3 Å². The third-order valence-electron chi connectivity index (χ3n) is 3.28. The van der Waals surface area contributed by atoms with E-state index in [1.54, 1.807) is 4.88 Å². The fourth-order valence-electron chi connectivity index (χ4n) is 2.39. The Kier molecular flexibility index (Phi) is 3.21. The van der Waals surface area contributed by atoms with Crippen LogP contribution >= 0.6 is 27.3 Å². The average Bonchev–Trinajstić information content (AvgIpc) is 2.85. The van der Waals surface area contributed by atoms with Crippen molar-refractivity contribution in [1.82, 2.24) is 0 Å². The first-order chi connectivity index (χ1) is 8.38. The predicted molar refractivity (Wildman–Crippen MR) is 78.1 cm³/mol. The first-order valence-electron chi connectivity index (χ1n) is 5.82. The molecule has 2 aromatic rings. The van der Waals surface area contributed by atoms with Crippen LogP contribution in [0, 0.1) is 0 Å². The SMILES string of the molecule is BrCc1ccccc1N1CCc2sccc2C1. The molecule has 1 aromatic heterocycles. The number of thiophene rings is 1. The van der Waals surface area contributed by atoms with E-state index in [1.807, 2.05) is 11.3 Å². The van der Waals surface area contributed by atoms with Gasteiger partial charge in [0.2, 0.25) is 0 Å². The van der Waals surface area contributed by atoms with Crippen molar-refractivity contribution in [2.75, 3.05) is 11.4 Å². The number of nitrogens with zero attached hydrogens (tertiary/aromatic N) is 1. The second-order valence-electron chi connectivity index (χ2n) is 4.30. The molecule has 88 valence electrons. The summed E-state index contributed by atoms with van der Waals surface area (Å²) in [7, 11) is 0. The number of halogens is 1. The van der Waals surface area contributed by atoms with Gasteiger partial charge in [0.15, 0.2) is 0 Å². The molecule has 1 nitrogen and oxygen atoms in total. The minimum Gasteiger partial charge on any atom is -0.367 e. The number of para-hydroxylation sites is 1. The molecular formula is C14H14BrNS. The molecule has 0 radical (unpaired) electrons. The largest absolute Gasteiger partial charge is 0.367 e. The van der Waals surface area contributed by atoms with Crippen LogP contribution in [0.15, 0.2) is 35.7 Å². The fourth-order valence-corrected chi connectivity index (χ4v) is 3.75. The zero-order chi connectivity index (χ0) is 11.7. The van der Waals surface area contributed by atoms with Gasteiger partial charge in [-0.25, -0.2) is 0 Å². The summed E-state index contributed by atoms with van der Waals surface area (Å²) < 4.78 is 0. The molecule has 17 heavy (non-hydrogen) atoms. The normalized spacial score (nSPS) is 14.8. The predicted octanol–water partition coefficient (Wildman–Crippen LogP) is 4.21. The molecule has 1 aliphatic rings. The summed E-state index contributed by atoms with van der Waals surface area (Å²) >= 11 is 5.47. The van der Waals surface area contributed by atoms with Crippen molar-refractivity contribution in [1.29, 1.82) is 0 Å². The highest BCUT2D eigenvalue weighted by molar-refractivity contribution is 9.08. The second kappa shape index (κ2) is 4.83. The third-order valence-corrected chi connectivity index (χ3v) is 4.91. The Morgan fingerprint density at radius 2 is 2.12 bits per heavy atom. The fraction of sp³-hybridized carbons (Fsp3) is 0.286. The summed E-state index contributed by atoms with van der Waals surface area (Å²) in [6.45, 7) is 2.19. The van der Waals surface area contributed by atoms with Crippen LogP contribution in [0.25, 0.3) is 0 Å². The average molecular weight is 308 g/mol. The van der Waals surface area contributed by atoms with Gasteiger partial charge in [0.25, 0.3) is 0 Å². The van der Waals surface area contributed by atoms with E-state index in [2.05, 4.69) is 56.5 Å². The van der Waals surface area contributed by atoms with Gasteiger partial charge < -0.3 is 4.90 Å². The number of hydrogen-bond donors (Lipinski definition) is 0. The number of rotatable bonds is 2. The number of alkyl halides is 1. The Morgan fingerprint density at radius 3 is 3.00 bits per heavy atom. The van der Waals surface area contributed by atoms with Gasteiger partial charge >= 0.3 is 0 Å². The Labute approximate surface area is 114 Å². The van der Waals surface area contributed by atoms with E-state index in [0.29, 0.717) is 0 Å². The maximum Gasteiger partial charge on any atom is 0.0440 e. The minimum atomic E-state index is 0.927. The number of benzene rings is 1. The van der Waals surface area contributed by atoms with Crippen molar-refractivity contribution in [2.45, 2.75) is 18.3 Å². The Hall–Kier alpha value is -0.800. The third kappa shape index (κ3) is 2.14. The van der Waals surface area contributed by atoms with Gasteiger partial charge in [0.1, 0.15) is 0 Å². The van der Waals surface area contributed by atoms with Crippen LogP contribution in [0.1, 0.15) is 16.0 Å². The van der Waals surface area contributed by atoms with Gasteiger partial charge in [0, 0.05) is 29.0 Å². The van der Waals surface area contributed by atoms with Crippen molar-refractivity contribution >= 4 is 33.0 Å². The summed E-state index contributed by atoms with van der Waals surface area (Å²) in [5.41, 5.74) is 4.26. The lowest BCUT2D eigenvalue weighted by Crippen LogP contribution is -2.30. The van der Waals surface area contributed by atoms with Crippen molar-refractivity contribution in [3.8, 4) is 0 Å². The molecule has 0 saturated heterocycles. The quantitative estimate of drug-likeness (QED) is 0.751. The molecule has 0 amide bonds. The lowest BCUT2D eigenvalue weighted by Gasteiger charge is -2.30. The summed E-state index contributed by atoms with van der Waals surface area (Å²) in [5.74, 6) is 0. The van der Waals surface area contributed by atoms with Crippen molar-refractivity contribution in [3.63, 3.8) is 0 Å². The molecule has 0 fully saturated rings. The van der Waals surface area contributed by atoms with Crippen LogP contribution < -0.4 is 4.90 Å². The molecule has 0 unspecified atom stereocenters. The summed E-state index contributed by atoms with van der Waals surface area (Å²) in [4.78, 5) is 4.06. The molecule has 1 aliphatic heterocycles. The zero-order valence-electron chi connectivity index (χ0n) is 9.53. The first-order valence-corrected chi connectivity index (χ1v) is 7.82. The van der Waals surface area contributed by atoms with E-state index in [1.165, 1.54) is 23.2 Å². The molecule has 2 heterocycles. The van der Waals surface area contributed by atoms with Crippen LogP contribution in [0.4, 0.5) is 5.69 Å². The van der Waals surface area contributed by atoms with Crippen LogP contribution in [0.5, 0.6) is 0 Å². The molecule has 0 bridgehead atoms. The smallest absolute Gasteiger partial charge is 0.0440 e. The molecule has 3 heteroatoms. The van der Waals surface area contributed by atoms with Gasteiger partial charge in [-0.1, -0.05) is 34.1 Å². The van der Waals surface area contributed by atoms with E-state index >= 15 is 0 Å². The van der Waals surface area contributed by atoms with E-state index in [-0.39, 0.29) is 0 Å². The molecule has 0 aliphatic carbocycles. The van der Waals surface area contributed by atoms with Crippen LogP contribution in [0.3, 0.4) is 0 Å². The molecular weight excluding hydrogens is 294 g/mol. The lowest BCUT2D eigenvalue weighted by molar-refractivity contribution is 0.741. The maximum atomic E-state index is 3.57. The van der Waals surface area contributed by atoms with E-state index in [4.69, 9.17) is 0 Å². The molecule has 3 rings (SSSR count). The van der Waals surface area contributed by atoms with Crippen LogP contribution in [-0.2, 0) is 18.3 Å². The Bertz CT molecular complexity index is 520. The molecule has 0 atom stereocenters. The van der Waals surface area contributed by atoms with Crippen molar-refractivity contribution in [3.05, 3.63) is 51.7 Å². The highest BCUT2D eigenvalue weighted by Crippen LogP contribution is 2.30. The van der Waals surface area contributed by atoms with Crippen molar-refractivity contribution in [2.24, 2.45) is 0 Å². The van der Waals surface area contributed by atoms with E-state index in [9.17, 15) is 0 Å². The Balaban J connectivity index is 1.91. The van der Waals surface area contributed by atoms with Gasteiger partial charge in [-0.05, 0) is 35.1 Å². The van der Waals surface area contributed by atoms with Gasteiger partial charge in [-0.2, -0.15) is 0 Å². The maximum absolute atomic E-state index is 3.57. The monoisotopic (exact) mass is 307 g/mol. The van der Waals surface area contributed by atoms with E-state index in [0.717, 1.165) is 18.4 Å². The highest BCUT2D eigenvalue weighted by Gasteiger charge is 2.18. The summed E-state index contributed by atoms with van der Waals surface area (Å²) in [6, 6.07) is 10.9. The standard InChI is InChI=1S/C14H14BrNS/c15-9-11-3-1-2-4-13(11)16-7-5-14-12(10-16)6-8-17-14/h1-4,6,8H,5,7,9-10H2. The van der Waals surface area contributed by atoms with Gasteiger partial charge in [0.05, 0.1) is 0 Å². The van der Waals surface area contributed by atoms with Crippen LogP contribution in [-0.4, -0.2) is 6.54 Å². The second-order valence-corrected chi connectivity index (χ2v) is 5.86. The zero-order valence-corrected chi connectivity index (χ0v) is 11.9. The molecule has 1 aromatic carbocycles. The number of anilines is 1. The van der Waals surface area contributed by atoms with Crippen molar-refractivity contribution < 1.29 is 0 Å². The highest BCUT2D eigenvalue weighted by atomic mass is 79.9. The number of fused-ring (bicyclic) bond motifs is 1. The number of hydrogen-bond acceptors (Lipinski definition) is 2. The molecule has 0 N–H and O–H groups in total. The Morgan fingerprint density at radius 1 is 1.24 bits per heavy atom. The molecule has 0 spiro atoms. The van der Waals surface area contributed by atoms with Gasteiger partial charge in [-0.3, -0.25) is 0 Å². The minimum absolute atomic E-state index is 0.927.